The van der Waals surface area contributed by atoms with Crippen molar-refractivity contribution in [2.75, 3.05) is 6.54 Å². The van der Waals surface area contributed by atoms with E-state index < -0.39 is 0 Å². The largest absolute Gasteiger partial charge is 0.306 e. The molecule has 0 fully saturated rings. The molecule has 0 aliphatic carbocycles. The molecule has 0 aromatic heterocycles. The van der Waals surface area contributed by atoms with E-state index >= 15 is 0 Å². The van der Waals surface area contributed by atoms with Gasteiger partial charge in [-0.1, -0.05) is 54.4 Å². The highest BCUT2D eigenvalue weighted by Gasteiger charge is 2.20. The average molecular weight is 326 g/mol. The molecule has 0 saturated heterocycles. The third-order valence-corrected chi connectivity index (χ3v) is 3.97. The van der Waals surface area contributed by atoms with Crippen molar-refractivity contribution in [1.82, 2.24) is 5.32 Å². The summed E-state index contributed by atoms with van der Waals surface area (Å²) in [6.45, 7) is 4.61. The maximum absolute atomic E-state index is 14.5. The van der Waals surface area contributed by atoms with E-state index in [1.54, 1.807) is 31.2 Å². The Balaban J connectivity index is 2.49. The summed E-state index contributed by atoms with van der Waals surface area (Å²) in [7, 11) is 0. The fourth-order valence-corrected chi connectivity index (χ4v) is 2.82. The predicted molar refractivity (Wildman–Crippen MR) is 87.7 cm³/mol. The van der Waals surface area contributed by atoms with Gasteiger partial charge in [-0.15, -0.1) is 0 Å². The average Bonchev–Trinajstić information content (AvgIpc) is 2.45. The van der Waals surface area contributed by atoms with E-state index in [9.17, 15) is 4.39 Å². The van der Waals surface area contributed by atoms with Gasteiger partial charge < -0.3 is 5.32 Å². The normalized spacial score (nSPS) is 12.4. The van der Waals surface area contributed by atoms with Gasteiger partial charge in [-0.05, 0) is 43.1 Å². The second-order valence-electron chi connectivity index (χ2n) is 5.03. The van der Waals surface area contributed by atoms with Crippen LogP contribution in [0.25, 0.3) is 0 Å². The molecule has 0 amide bonds. The van der Waals surface area contributed by atoms with Gasteiger partial charge in [-0.2, -0.15) is 0 Å². The number of hydrogen-bond acceptors (Lipinski definition) is 1. The van der Waals surface area contributed by atoms with Gasteiger partial charge in [0.15, 0.2) is 0 Å². The fourth-order valence-electron chi connectivity index (χ4n) is 2.30. The molecule has 0 aliphatic rings. The summed E-state index contributed by atoms with van der Waals surface area (Å²) >= 11 is 12.2. The zero-order valence-electron chi connectivity index (χ0n) is 12.1. The van der Waals surface area contributed by atoms with Gasteiger partial charge in [0, 0.05) is 15.6 Å². The number of aryl methyl sites for hydroxylation is 1. The molecule has 1 N–H and O–H groups in total. The van der Waals surface area contributed by atoms with E-state index in [2.05, 4.69) is 12.2 Å². The summed E-state index contributed by atoms with van der Waals surface area (Å²) < 4.78 is 14.5. The molecule has 0 saturated carbocycles. The highest BCUT2D eigenvalue weighted by atomic mass is 35.5. The predicted octanol–water partition coefficient (Wildman–Crippen LogP) is 5.53. The minimum atomic E-state index is -0.283. The Kier molecular flexibility index (Phi) is 5.63. The first-order valence-corrected chi connectivity index (χ1v) is 7.73. The van der Waals surface area contributed by atoms with Crippen LogP contribution >= 0.6 is 23.2 Å². The minimum Gasteiger partial charge on any atom is -0.306 e. The summed E-state index contributed by atoms with van der Waals surface area (Å²) in [4.78, 5) is 0. The topological polar surface area (TPSA) is 12.0 Å². The number of rotatable bonds is 5. The van der Waals surface area contributed by atoms with Crippen molar-refractivity contribution in [2.45, 2.75) is 26.3 Å². The van der Waals surface area contributed by atoms with Crippen molar-refractivity contribution in [3.05, 3.63) is 69.0 Å². The van der Waals surface area contributed by atoms with Crippen LogP contribution in [0.15, 0.2) is 36.4 Å². The summed E-state index contributed by atoms with van der Waals surface area (Å²) in [5.41, 5.74) is 2.06. The first-order valence-electron chi connectivity index (χ1n) is 6.98. The first kappa shape index (κ1) is 16.3. The smallest absolute Gasteiger partial charge is 0.131 e. The van der Waals surface area contributed by atoms with Gasteiger partial charge in [0.05, 0.1) is 6.04 Å². The van der Waals surface area contributed by atoms with E-state index in [1.807, 2.05) is 12.1 Å². The Hall–Kier alpha value is -1.09. The van der Waals surface area contributed by atoms with Gasteiger partial charge >= 0.3 is 0 Å². The van der Waals surface area contributed by atoms with Gasteiger partial charge in [0.1, 0.15) is 5.82 Å². The van der Waals surface area contributed by atoms with Crippen LogP contribution in [0.1, 0.15) is 36.1 Å². The van der Waals surface area contributed by atoms with Crippen LogP contribution < -0.4 is 5.32 Å². The van der Waals surface area contributed by atoms with E-state index in [0.717, 1.165) is 18.5 Å². The lowest BCUT2D eigenvalue weighted by molar-refractivity contribution is 0.542. The summed E-state index contributed by atoms with van der Waals surface area (Å²) in [6.07, 6.45) is 0.954. The number of halogens is 3. The van der Waals surface area contributed by atoms with E-state index in [0.29, 0.717) is 21.2 Å². The van der Waals surface area contributed by atoms with Crippen molar-refractivity contribution in [3.63, 3.8) is 0 Å². The molecule has 2 aromatic rings. The lowest BCUT2D eigenvalue weighted by Crippen LogP contribution is -2.24. The monoisotopic (exact) mass is 325 g/mol. The molecule has 1 nitrogen and oxygen atoms in total. The van der Waals surface area contributed by atoms with Crippen molar-refractivity contribution in [1.29, 1.82) is 0 Å². The lowest BCUT2D eigenvalue weighted by Gasteiger charge is -2.22. The van der Waals surface area contributed by atoms with Gasteiger partial charge in [-0.3, -0.25) is 0 Å². The van der Waals surface area contributed by atoms with Gasteiger partial charge in [0.2, 0.25) is 0 Å². The standard InChI is InChI=1S/C17H18Cl2FN/c1-3-9-21-17(13-8-7-12(18)10-15(13)19)14-6-4-5-11(2)16(14)20/h4-8,10,17,21H,3,9H2,1-2H3. The quantitative estimate of drug-likeness (QED) is 0.762. The Morgan fingerprint density at radius 3 is 2.57 bits per heavy atom. The zero-order valence-corrected chi connectivity index (χ0v) is 13.6. The Bertz CT molecular complexity index is 628. The Labute approximate surface area is 135 Å². The SMILES string of the molecule is CCCNC(c1ccc(Cl)cc1Cl)c1cccc(C)c1F. The van der Waals surface area contributed by atoms with Gasteiger partial charge in [-0.25, -0.2) is 4.39 Å². The maximum atomic E-state index is 14.5. The molecule has 1 unspecified atom stereocenters. The van der Waals surface area contributed by atoms with Crippen molar-refractivity contribution < 1.29 is 4.39 Å². The first-order chi connectivity index (χ1) is 10.0. The molecule has 2 aromatic carbocycles. The second kappa shape index (κ2) is 7.26. The zero-order chi connectivity index (χ0) is 15.4. The molecular weight excluding hydrogens is 308 g/mol. The van der Waals surface area contributed by atoms with Crippen molar-refractivity contribution in [2.24, 2.45) is 0 Å². The molecule has 1 atom stereocenters. The molecule has 0 heterocycles. The van der Waals surface area contributed by atoms with Crippen LogP contribution in [-0.2, 0) is 0 Å². The number of nitrogens with one attached hydrogen (secondary N) is 1. The minimum absolute atomic E-state index is 0.197. The molecule has 112 valence electrons. The van der Waals surface area contributed by atoms with E-state index in [-0.39, 0.29) is 11.9 Å². The highest BCUT2D eigenvalue weighted by molar-refractivity contribution is 6.35. The highest BCUT2D eigenvalue weighted by Crippen LogP contribution is 2.32. The van der Waals surface area contributed by atoms with E-state index in [4.69, 9.17) is 23.2 Å². The summed E-state index contributed by atoms with van der Waals surface area (Å²) in [6, 6.07) is 10.4. The number of benzene rings is 2. The fraction of sp³-hybridized carbons (Fsp3) is 0.294. The Morgan fingerprint density at radius 2 is 1.90 bits per heavy atom. The van der Waals surface area contributed by atoms with Gasteiger partial charge in [0.25, 0.3) is 0 Å². The lowest BCUT2D eigenvalue weighted by atomic mass is 9.96. The molecule has 2 rings (SSSR count). The molecule has 4 heteroatoms. The van der Waals surface area contributed by atoms with Crippen LogP contribution in [0.5, 0.6) is 0 Å². The molecule has 21 heavy (non-hydrogen) atoms. The van der Waals surface area contributed by atoms with Crippen LogP contribution in [-0.4, -0.2) is 6.54 Å². The van der Waals surface area contributed by atoms with Crippen LogP contribution in [0, 0.1) is 12.7 Å². The third-order valence-electron chi connectivity index (χ3n) is 3.40. The van der Waals surface area contributed by atoms with Crippen LogP contribution in [0.2, 0.25) is 10.0 Å². The van der Waals surface area contributed by atoms with Crippen LogP contribution in [0.3, 0.4) is 0 Å². The maximum Gasteiger partial charge on any atom is 0.131 e. The molecular formula is C17H18Cl2FN. The molecule has 0 spiro atoms. The van der Waals surface area contributed by atoms with Crippen molar-refractivity contribution >= 4 is 23.2 Å². The Morgan fingerprint density at radius 1 is 1.14 bits per heavy atom. The summed E-state index contributed by atoms with van der Waals surface area (Å²) in [5, 5.41) is 4.47. The molecule has 0 bridgehead atoms. The van der Waals surface area contributed by atoms with Crippen molar-refractivity contribution in [3.8, 4) is 0 Å². The second-order valence-corrected chi connectivity index (χ2v) is 5.87. The third kappa shape index (κ3) is 3.76. The molecule has 0 radical (unpaired) electrons. The number of hydrogen-bond donors (Lipinski definition) is 1. The van der Waals surface area contributed by atoms with Crippen LogP contribution in [0.4, 0.5) is 4.39 Å². The summed E-state index contributed by atoms with van der Waals surface area (Å²) in [5.74, 6) is -0.197. The van der Waals surface area contributed by atoms with E-state index in [1.165, 1.54) is 0 Å². The molecule has 0 aliphatic heterocycles.